The van der Waals surface area contributed by atoms with E-state index in [0.717, 1.165) is 33.4 Å². The summed E-state index contributed by atoms with van der Waals surface area (Å²) in [5.41, 5.74) is 11.3. The molecule has 6 aromatic rings. The van der Waals surface area contributed by atoms with E-state index in [-0.39, 0.29) is 36.4 Å². The van der Waals surface area contributed by atoms with Crippen LogP contribution in [-0.2, 0) is 40.0 Å². The van der Waals surface area contributed by atoms with Crippen LogP contribution in [0.25, 0.3) is 22.3 Å². The maximum atomic E-state index is 14.5. The number of Topliss-reactive ketones (excluding diaryl/α,β-unsaturated/α-hetero) is 2. The first-order chi connectivity index (χ1) is 27.3. The fourth-order valence-electron chi connectivity index (χ4n) is 6.02. The summed E-state index contributed by atoms with van der Waals surface area (Å²) in [7, 11) is 0. The van der Waals surface area contributed by atoms with Crippen LogP contribution < -0.4 is 11.1 Å². The van der Waals surface area contributed by atoms with Gasteiger partial charge in [0.25, 0.3) is 0 Å². The quantitative estimate of drug-likeness (QED) is 0.121. The van der Waals surface area contributed by atoms with E-state index in [2.05, 4.69) is 15.3 Å². The minimum absolute atomic E-state index is 0.0151. The lowest BCUT2D eigenvalue weighted by Crippen LogP contribution is -2.45. The molecule has 57 heavy (non-hydrogen) atoms. The second kappa shape index (κ2) is 20.0. The highest BCUT2D eigenvalue weighted by atomic mass is 19.1. The number of carbonyl (C=O) groups is 3. The molecule has 0 saturated heterocycles. The molecule has 6 rings (SSSR count). The van der Waals surface area contributed by atoms with Crippen molar-refractivity contribution in [2.24, 2.45) is 5.73 Å². The van der Waals surface area contributed by atoms with Crippen LogP contribution in [0.4, 0.5) is 13.6 Å². The predicted octanol–water partition coefficient (Wildman–Crippen LogP) is 8.70. The summed E-state index contributed by atoms with van der Waals surface area (Å²) in [4.78, 5) is 45.9. The van der Waals surface area contributed by atoms with Gasteiger partial charge in [-0.2, -0.15) is 0 Å². The molecule has 0 radical (unpaired) electrons. The second-order valence-electron chi connectivity index (χ2n) is 14.6. The third-order valence-electron chi connectivity index (χ3n) is 8.92. The molecule has 0 aliphatic rings. The first kappa shape index (κ1) is 41.8. The summed E-state index contributed by atoms with van der Waals surface area (Å²) in [6.07, 6.45) is 6.55. The van der Waals surface area contributed by atoms with Gasteiger partial charge in [0.1, 0.15) is 17.2 Å². The van der Waals surface area contributed by atoms with Gasteiger partial charge >= 0.3 is 6.09 Å². The Kier molecular flexibility index (Phi) is 14.6. The van der Waals surface area contributed by atoms with E-state index in [1.54, 1.807) is 69.8 Å². The summed E-state index contributed by atoms with van der Waals surface area (Å²) in [6, 6.07) is 34.3. The summed E-state index contributed by atoms with van der Waals surface area (Å²) >= 11 is 0. The second-order valence-corrected chi connectivity index (χ2v) is 14.6. The average molecular weight is 769 g/mol. The normalized spacial score (nSPS) is 12.0. The molecule has 3 N–H and O–H groups in total. The molecule has 0 aliphatic heterocycles. The highest BCUT2D eigenvalue weighted by Gasteiger charge is 2.26. The number of nitrogens with zero attached hydrogens (tertiary/aromatic N) is 2. The van der Waals surface area contributed by atoms with Gasteiger partial charge in [-0.05, 0) is 127 Å². The number of nitrogens with one attached hydrogen (secondary N) is 1. The van der Waals surface area contributed by atoms with Gasteiger partial charge in [-0.3, -0.25) is 19.6 Å². The van der Waals surface area contributed by atoms with E-state index in [4.69, 9.17) is 10.5 Å². The van der Waals surface area contributed by atoms with Gasteiger partial charge in [0, 0.05) is 37.6 Å². The number of ketones is 2. The Morgan fingerprint density at radius 2 is 1.05 bits per heavy atom. The van der Waals surface area contributed by atoms with E-state index in [0.29, 0.717) is 12.0 Å². The van der Waals surface area contributed by atoms with Gasteiger partial charge in [0.15, 0.2) is 11.6 Å². The molecule has 0 bridgehead atoms. The van der Waals surface area contributed by atoms with Crippen LogP contribution in [0.3, 0.4) is 0 Å². The van der Waals surface area contributed by atoms with Crippen LogP contribution in [0.1, 0.15) is 43.0 Å². The van der Waals surface area contributed by atoms with E-state index >= 15 is 0 Å². The van der Waals surface area contributed by atoms with E-state index in [1.807, 2.05) is 84.9 Å². The van der Waals surface area contributed by atoms with Crippen molar-refractivity contribution in [3.05, 3.63) is 180 Å². The molecule has 0 saturated carbocycles. The minimum atomic E-state index is -0.851. The lowest BCUT2D eigenvalue weighted by atomic mass is 9.95. The molecule has 2 atom stereocenters. The van der Waals surface area contributed by atoms with Crippen LogP contribution in [0, 0.1) is 11.6 Å². The van der Waals surface area contributed by atoms with Gasteiger partial charge in [-0.1, -0.05) is 72.8 Å². The molecule has 292 valence electrons. The molecule has 10 heteroatoms. The largest absolute Gasteiger partial charge is 0.444 e. The third kappa shape index (κ3) is 13.1. The molecule has 0 unspecified atom stereocenters. The Balaban J connectivity index is 0.000000224. The molecule has 0 fully saturated rings. The summed E-state index contributed by atoms with van der Waals surface area (Å²) in [6.45, 7) is 5.25. The van der Waals surface area contributed by atoms with Gasteiger partial charge in [0.2, 0.25) is 0 Å². The number of hydrogen-bond acceptors (Lipinski definition) is 7. The van der Waals surface area contributed by atoms with E-state index < -0.39 is 35.4 Å². The molecule has 0 aliphatic carbocycles. The Hall–Kier alpha value is -6.39. The molecule has 2 heterocycles. The Labute approximate surface area is 332 Å². The molecule has 4 aromatic carbocycles. The molecular weight excluding hydrogens is 723 g/mol. The Morgan fingerprint density at radius 1 is 0.614 bits per heavy atom. The maximum absolute atomic E-state index is 14.5. The zero-order chi connectivity index (χ0) is 40.8. The van der Waals surface area contributed by atoms with Crippen LogP contribution in [0.2, 0.25) is 0 Å². The lowest BCUT2D eigenvalue weighted by Gasteiger charge is -2.23. The number of carbonyl (C=O) groups excluding carboxylic acids is 3. The van der Waals surface area contributed by atoms with Crippen molar-refractivity contribution in [2.75, 3.05) is 0 Å². The standard InChI is InChI=1S/C26H27FN2O3.C21H19FN2O/c1-26(2,3)32-25(31)29-23(15-18-7-5-4-6-8-18)24(30)17-21-16-20(9-10-22(21)27)19-11-13-28-14-12-19;22-19-7-6-17(16-8-10-24-11-9-16)13-18(19)14-21(25)20(23)12-15-4-2-1-3-5-15/h4-14,16,23H,15,17H2,1-3H3,(H,29,31);1-11,13,20H,12,14,23H2/t23-;20-/m00/s1. The summed E-state index contributed by atoms with van der Waals surface area (Å²) < 4.78 is 34.0. The first-order valence-electron chi connectivity index (χ1n) is 18.6. The number of aromatic nitrogens is 2. The molecule has 2 aromatic heterocycles. The van der Waals surface area contributed by atoms with Crippen LogP contribution in [0.15, 0.2) is 146 Å². The van der Waals surface area contributed by atoms with E-state index in [9.17, 15) is 23.2 Å². The van der Waals surface area contributed by atoms with E-state index in [1.165, 1.54) is 12.1 Å². The topological polar surface area (TPSA) is 124 Å². The molecular formula is C47H46F2N4O4. The number of hydrogen-bond donors (Lipinski definition) is 2. The molecule has 8 nitrogen and oxygen atoms in total. The molecule has 1 amide bonds. The van der Waals surface area contributed by atoms with Crippen molar-refractivity contribution < 1.29 is 27.9 Å². The number of halogens is 2. The maximum Gasteiger partial charge on any atom is 0.408 e. The van der Waals surface area contributed by atoms with Crippen LogP contribution in [-0.4, -0.2) is 45.3 Å². The summed E-state index contributed by atoms with van der Waals surface area (Å²) in [5.74, 6) is -1.33. The number of nitrogens with two attached hydrogens (primary N) is 1. The van der Waals surface area contributed by atoms with Crippen molar-refractivity contribution in [1.29, 1.82) is 0 Å². The number of amides is 1. The Morgan fingerprint density at radius 3 is 1.51 bits per heavy atom. The smallest absolute Gasteiger partial charge is 0.408 e. The van der Waals surface area contributed by atoms with Crippen molar-refractivity contribution in [1.82, 2.24) is 15.3 Å². The minimum Gasteiger partial charge on any atom is -0.444 e. The SMILES string of the molecule is CC(C)(C)OC(=O)N[C@@H](Cc1ccccc1)C(=O)Cc1cc(-c2ccncc2)ccc1F.N[C@@H](Cc1ccccc1)C(=O)Cc1cc(-c2ccncc2)ccc1F. The fraction of sp³-hybridized carbons (Fsp3) is 0.213. The van der Waals surface area contributed by atoms with Gasteiger partial charge in [-0.25, -0.2) is 13.6 Å². The number of alkyl carbamates (subject to hydrolysis) is 1. The molecule has 0 spiro atoms. The highest BCUT2D eigenvalue weighted by Crippen LogP contribution is 2.24. The van der Waals surface area contributed by atoms with Crippen molar-refractivity contribution >= 4 is 17.7 Å². The summed E-state index contributed by atoms with van der Waals surface area (Å²) in [5, 5.41) is 2.67. The lowest BCUT2D eigenvalue weighted by molar-refractivity contribution is -0.120. The van der Waals surface area contributed by atoms with Gasteiger partial charge in [0.05, 0.1) is 12.1 Å². The fourth-order valence-corrected chi connectivity index (χ4v) is 6.02. The third-order valence-corrected chi connectivity index (χ3v) is 8.92. The van der Waals surface area contributed by atoms with Crippen LogP contribution >= 0.6 is 0 Å². The van der Waals surface area contributed by atoms with Gasteiger partial charge < -0.3 is 15.8 Å². The van der Waals surface area contributed by atoms with Crippen molar-refractivity contribution in [3.8, 4) is 22.3 Å². The van der Waals surface area contributed by atoms with Crippen molar-refractivity contribution in [3.63, 3.8) is 0 Å². The number of rotatable bonds is 13. The van der Waals surface area contributed by atoms with Crippen molar-refractivity contribution in [2.45, 2.75) is 64.1 Å². The Bertz CT molecular complexity index is 2230. The average Bonchev–Trinajstić information content (AvgIpc) is 3.20. The number of pyridine rings is 2. The van der Waals surface area contributed by atoms with Crippen LogP contribution in [0.5, 0.6) is 0 Å². The van der Waals surface area contributed by atoms with Gasteiger partial charge in [-0.15, -0.1) is 0 Å². The number of ether oxygens (including phenoxy) is 1. The predicted molar refractivity (Wildman–Crippen MR) is 218 cm³/mol. The zero-order valence-electron chi connectivity index (χ0n) is 32.2. The zero-order valence-corrected chi connectivity index (χ0v) is 32.2. The monoisotopic (exact) mass is 768 g/mol. The first-order valence-corrected chi connectivity index (χ1v) is 18.6. The number of benzene rings is 4. The highest BCUT2D eigenvalue weighted by molar-refractivity contribution is 5.90.